The number of carbonyl (C=O) groups excluding carboxylic acids is 1. The fraction of sp³-hybridized carbons (Fsp3) is 0.278. The summed E-state index contributed by atoms with van der Waals surface area (Å²) in [4.78, 5) is 24.3. The molecule has 130 valence electrons. The summed E-state index contributed by atoms with van der Waals surface area (Å²) in [6.07, 6.45) is 1.44. The maximum atomic E-state index is 12.9. The van der Waals surface area contributed by atoms with E-state index in [0.717, 1.165) is 26.2 Å². The highest BCUT2D eigenvalue weighted by Crippen LogP contribution is 2.33. The van der Waals surface area contributed by atoms with Crippen LogP contribution in [0.15, 0.2) is 30.6 Å². The number of thiophene rings is 1. The molecule has 0 bridgehead atoms. The van der Waals surface area contributed by atoms with Gasteiger partial charge in [-0.3, -0.25) is 4.79 Å². The summed E-state index contributed by atoms with van der Waals surface area (Å²) in [5.41, 5.74) is 1.92. The number of halogens is 1. The standard InChI is InChI=1S/C18H18FN3O2S/c1-11-12(2)25-18-16(11)17(20-10-21-18)24-9-15(23)22(3)8-13-4-6-14(19)7-5-13/h4-7,10H,8-9H2,1-3H3. The van der Waals surface area contributed by atoms with E-state index in [0.29, 0.717) is 12.4 Å². The number of carbonyl (C=O) groups is 1. The van der Waals surface area contributed by atoms with Crippen molar-refractivity contribution in [1.82, 2.24) is 14.9 Å². The first kappa shape index (κ1) is 17.3. The van der Waals surface area contributed by atoms with Crippen molar-refractivity contribution in [2.24, 2.45) is 0 Å². The first-order valence-corrected chi connectivity index (χ1v) is 8.59. The number of nitrogens with zero attached hydrogens (tertiary/aromatic N) is 3. The van der Waals surface area contributed by atoms with Crippen LogP contribution in [0.4, 0.5) is 4.39 Å². The molecule has 1 aromatic carbocycles. The number of rotatable bonds is 5. The summed E-state index contributed by atoms with van der Waals surface area (Å²) in [6, 6.07) is 6.07. The van der Waals surface area contributed by atoms with Crippen LogP contribution in [0.1, 0.15) is 16.0 Å². The Kier molecular flexibility index (Phi) is 4.94. The number of aromatic nitrogens is 2. The lowest BCUT2D eigenvalue weighted by molar-refractivity contribution is -0.132. The fourth-order valence-corrected chi connectivity index (χ4v) is 3.44. The van der Waals surface area contributed by atoms with Crippen molar-refractivity contribution in [2.75, 3.05) is 13.7 Å². The van der Waals surface area contributed by atoms with Gasteiger partial charge in [-0.05, 0) is 37.1 Å². The Labute approximate surface area is 149 Å². The van der Waals surface area contributed by atoms with Crippen molar-refractivity contribution < 1.29 is 13.9 Å². The third kappa shape index (κ3) is 3.76. The molecule has 0 spiro atoms. The minimum atomic E-state index is -0.296. The third-order valence-electron chi connectivity index (χ3n) is 4.02. The zero-order valence-corrected chi connectivity index (χ0v) is 15.1. The molecule has 0 N–H and O–H groups in total. The molecule has 2 aromatic heterocycles. The predicted molar refractivity (Wildman–Crippen MR) is 95.3 cm³/mol. The quantitative estimate of drug-likeness (QED) is 0.700. The Morgan fingerprint density at radius 2 is 1.96 bits per heavy atom. The Morgan fingerprint density at radius 3 is 2.68 bits per heavy atom. The Bertz CT molecular complexity index is 909. The van der Waals surface area contributed by atoms with Crippen LogP contribution >= 0.6 is 11.3 Å². The number of fused-ring (bicyclic) bond motifs is 1. The van der Waals surface area contributed by atoms with Crippen LogP contribution in [0.2, 0.25) is 0 Å². The van der Waals surface area contributed by atoms with Gasteiger partial charge in [0.2, 0.25) is 5.88 Å². The molecular weight excluding hydrogens is 341 g/mol. The van der Waals surface area contributed by atoms with Crippen LogP contribution in [0, 0.1) is 19.7 Å². The molecule has 3 rings (SSSR count). The van der Waals surface area contributed by atoms with E-state index in [1.165, 1.54) is 23.4 Å². The van der Waals surface area contributed by atoms with Gasteiger partial charge in [-0.15, -0.1) is 11.3 Å². The zero-order valence-electron chi connectivity index (χ0n) is 14.2. The van der Waals surface area contributed by atoms with E-state index in [1.807, 2.05) is 13.8 Å². The van der Waals surface area contributed by atoms with E-state index in [4.69, 9.17) is 4.74 Å². The summed E-state index contributed by atoms with van der Waals surface area (Å²) >= 11 is 1.58. The zero-order chi connectivity index (χ0) is 18.0. The second-order valence-electron chi connectivity index (χ2n) is 5.81. The third-order valence-corrected chi connectivity index (χ3v) is 5.14. The molecule has 25 heavy (non-hydrogen) atoms. The minimum absolute atomic E-state index is 0.113. The molecule has 7 heteroatoms. The lowest BCUT2D eigenvalue weighted by Crippen LogP contribution is -2.31. The number of benzene rings is 1. The summed E-state index contributed by atoms with van der Waals surface area (Å²) in [5, 5.41) is 0.860. The van der Waals surface area contributed by atoms with Crippen LogP contribution in [0.25, 0.3) is 10.2 Å². The number of aryl methyl sites for hydroxylation is 2. The van der Waals surface area contributed by atoms with E-state index in [2.05, 4.69) is 9.97 Å². The van der Waals surface area contributed by atoms with E-state index < -0.39 is 0 Å². The second kappa shape index (κ2) is 7.14. The molecule has 0 aliphatic rings. The fourth-order valence-electron chi connectivity index (χ4n) is 2.45. The maximum Gasteiger partial charge on any atom is 0.260 e. The van der Waals surface area contributed by atoms with Crippen molar-refractivity contribution in [2.45, 2.75) is 20.4 Å². The normalized spacial score (nSPS) is 10.9. The van der Waals surface area contributed by atoms with Crippen LogP contribution < -0.4 is 4.74 Å². The Hall–Kier alpha value is -2.54. The van der Waals surface area contributed by atoms with Gasteiger partial charge >= 0.3 is 0 Å². The van der Waals surface area contributed by atoms with Gasteiger partial charge in [-0.2, -0.15) is 0 Å². The number of hydrogen-bond donors (Lipinski definition) is 0. The highest BCUT2D eigenvalue weighted by Gasteiger charge is 2.16. The van der Waals surface area contributed by atoms with Gasteiger partial charge < -0.3 is 9.64 Å². The Morgan fingerprint density at radius 1 is 1.24 bits per heavy atom. The summed E-state index contributed by atoms with van der Waals surface area (Å²) in [6.45, 7) is 4.29. The van der Waals surface area contributed by atoms with Crippen LogP contribution in [0.5, 0.6) is 5.88 Å². The molecule has 1 amide bonds. The molecule has 0 radical (unpaired) electrons. The number of ether oxygens (including phenoxy) is 1. The molecular formula is C18H18FN3O2S. The van der Waals surface area contributed by atoms with E-state index in [1.54, 1.807) is 30.5 Å². The van der Waals surface area contributed by atoms with Crippen molar-refractivity contribution in [1.29, 1.82) is 0 Å². The van der Waals surface area contributed by atoms with Crippen LogP contribution in [0.3, 0.4) is 0 Å². The van der Waals surface area contributed by atoms with Gasteiger partial charge in [0.15, 0.2) is 6.61 Å². The van der Waals surface area contributed by atoms with Crippen molar-refractivity contribution in [3.8, 4) is 5.88 Å². The van der Waals surface area contributed by atoms with Gasteiger partial charge in [0.1, 0.15) is 17.0 Å². The predicted octanol–water partition coefficient (Wildman–Crippen LogP) is 3.48. The van der Waals surface area contributed by atoms with E-state index in [-0.39, 0.29) is 18.3 Å². The molecule has 0 saturated carbocycles. The highest BCUT2D eigenvalue weighted by atomic mass is 32.1. The van der Waals surface area contributed by atoms with Gasteiger partial charge in [0, 0.05) is 18.5 Å². The van der Waals surface area contributed by atoms with Crippen molar-refractivity contribution in [3.63, 3.8) is 0 Å². The number of amides is 1. The maximum absolute atomic E-state index is 12.9. The van der Waals surface area contributed by atoms with Gasteiger partial charge in [-0.1, -0.05) is 12.1 Å². The minimum Gasteiger partial charge on any atom is -0.467 e. The average molecular weight is 359 g/mol. The van der Waals surface area contributed by atoms with Gasteiger partial charge in [0.25, 0.3) is 5.91 Å². The highest BCUT2D eigenvalue weighted by molar-refractivity contribution is 7.18. The van der Waals surface area contributed by atoms with Crippen molar-refractivity contribution >= 4 is 27.5 Å². The molecule has 3 aromatic rings. The second-order valence-corrected chi connectivity index (χ2v) is 7.01. The molecule has 0 atom stereocenters. The van der Waals surface area contributed by atoms with Crippen molar-refractivity contribution in [3.05, 3.63) is 52.4 Å². The summed E-state index contributed by atoms with van der Waals surface area (Å²) in [7, 11) is 1.69. The molecule has 0 unspecified atom stereocenters. The average Bonchev–Trinajstić information content (AvgIpc) is 2.89. The lowest BCUT2D eigenvalue weighted by atomic mass is 10.2. The first-order chi connectivity index (χ1) is 12.0. The molecule has 5 nitrogen and oxygen atoms in total. The largest absolute Gasteiger partial charge is 0.467 e. The molecule has 0 saturated heterocycles. The van der Waals surface area contributed by atoms with Crippen LogP contribution in [-0.4, -0.2) is 34.4 Å². The SMILES string of the molecule is Cc1sc2ncnc(OCC(=O)N(C)Cc3ccc(F)cc3)c2c1C. The summed E-state index contributed by atoms with van der Waals surface area (Å²) in [5.74, 6) is -0.0497. The van der Waals surface area contributed by atoms with Crippen LogP contribution in [-0.2, 0) is 11.3 Å². The van der Waals surface area contributed by atoms with E-state index >= 15 is 0 Å². The van der Waals surface area contributed by atoms with Gasteiger partial charge in [0.05, 0.1) is 5.39 Å². The Balaban J connectivity index is 1.67. The molecule has 0 fully saturated rings. The lowest BCUT2D eigenvalue weighted by Gasteiger charge is -2.17. The number of likely N-dealkylation sites (N-methyl/N-ethyl adjacent to an activating group) is 1. The molecule has 2 heterocycles. The monoisotopic (exact) mass is 359 g/mol. The smallest absolute Gasteiger partial charge is 0.260 e. The topological polar surface area (TPSA) is 55.3 Å². The first-order valence-electron chi connectivity index (χ1n) is 7.77. The number of hydrogen-bond acceptors (Lipinski definition) is 5. The van der Waals surface area contributed by atoms with E-state index in [9.17, 15) is 9.18 Å². The van der Waals surface area contributed by atoms with Gasteiger partial charge in [-0.25, -0.2) is 14.4 Å². The summed E-state index contributed by atoms with van der Waals surface area (Å²) < 4.78 is 18.6. The molecule has 0 aliphatic carbocycles. The molecule has 0 aliphatic heterocycles.